The maximum atomic E-state index is 13.2. The van der Waals surface area contributed by atoms with Crippen molar-refractivity contribution < 1.29 is 18.4 Å². The summed E-state index contributed by atoms with van der Waals surface area (Å²) in [6.07, 6.45) is 0. The van der Waals surface area contributed by atoms with Crippen LogP contribution in [0.15, 0.2) is 28.8 Å². The SMILES string of the molecule is COC(=O)[C@@H](c1ccc(F)cc1)N1CCN(Cc2noc(C)n2)CC1. The fourth-order valence-corrected chi connectivity index (χ4v) is 3.04. The highest BCUT2D eigenvalue weighted by atomic mass is 19.1. The van der Waals surface area contributed by atoms with Gasteiger partial charge in [0.25, 0.3) is 0 Å². The van der Waals surface area contributed by atoms with Crippen molar-refractivity contribution in [3.8, 4) is 0 Å². The Hall–Kier alpha value is -2.32. The van der Waals surface area contributed by atoms with Gasteiger partial charge in [-0.15, -0.1) is 0 Å². The molecule has 0 radical (unpaired) electrons. The quantitative estimate of drug-likeness (QED) is 0.759. The number of rotatable bonds is 5. The van der Waals surface area contributed by atoms with Crippen LogP contribution in [0.3, 0.4) is 0 Å². The van der Waals surface area contributed by atoms with Crippen molar-refractivity contribution in [3.63, 3.8) is 0 Å². The van der Waals surface area contributed by atoms with Crippen molar-refractivity contribution in [2.45, 2.75) is 19.5 Å². The normalized spacial score (nSPS) is 17.4. The Balaban J connectivity index is 1.65. The number of hydrogen-bond donors (Lipinski definition) is 0. The fraction of sp³-hybridized carbons (Fsp3) is 0.471. The molecule has 0 aliphatic carbocycles. The van der Waals surface area contributed by atoms with Crippen LogP contribution >= 0.6 is 0 Å². The predicted octanol–water partition coefficient (Wildman–Crippen LogP) is 1.55. The van der Waals surface area contributed by atoms with Crippen LogP contribution in [0.1, 0.15) is 23.3 Å². The molecule has 3 rings (SSSR count). The van der Waals surface area contributed by atoms with Gasteiger partial charge < -0.3 is 9.26 Å². The smallest absolute Gasteiger partial charge is 0.327 e. The zero-order valence-electron chi connectivity index (χ0n) is 14.3. The lowest BCUT2D eigenvalue weighted by molar-refractivity contribution is -0.148. The number of piperazine rings is 1. The molecule has 0 spiro atoms. The highest BCUT2D eigenvalue weighted by Crippen LogP contribution is 2.24. The molecule has 2 heterocycles. The molecule has 134 valence electrons. The number of ether oxygens (including phenoxy) is 1. The molecular weight excluding hydrogens is 327 g/mol. The van der Waals surface area contributed by atoms with Crippen LogP contribution < -0.4 is 0 Å². The van der Waals surface area contributed by atoms with Crippen molar-refractivity contribution in [1.29, 1.82) is 0 Å². The van der Waals surface area contributed by atoms with E-state index in [1.165, 1.54) is 19.2 Å². The van der Waals surface area contributed by atoms with E-state index in [2.05, 4.69) is 19.9 Å². The minimum absolute atomic E-state index is 0.326. The average Bonchev–Trinajstić information content (AvgIpc) is 3.03. The summed E-state index contributed by atoms with van der Waals surface area (Å²) in [6.45, 7) is 5.29. The zero-order chi connectivity index (χ0) is 17.8. The van der Waals surface area contributed by atoms with E-state index >= 15 is 0 Å². The van der Waals surface area contributed by atoms with E-state index in [1.54, 1.807) is 19.1 Å². The molecule has 1 aliphatic heterocycles. The first kappa shape index (κ1) is 17.5. The van der Waals surface area contributed by atoms with Gasteiger partial charge in [0.05, 0.1) is 13.7 Å². The zero-order valence-corrected chi connectivity index (χ0v) is 14.3. The third-order valence-electron chi connectivity index (χ3n) is 4.32. The van der Waals surface area contributed by atoms with E-state index in [0.29, 0.717) is 31.3 Å². The summed E-state index contributed by atoms with van der Waals surface area (Å²) in [5, 5.41) is 3.91. The second-order valence-corrected chi connectivity index (χ2v) is 6.02. The van der Waals surface area contributed by atoms with Gasteiger partial charge in [-0.2, -0.15) is 4.98 Å². The first-order chi connectivity index (χ1) is 12.1. The number of halogens is 1. The Kier molecular flexibility index (Phi) is 5.40. The van der Waals surface area contributed by atoms with Gasteiger partial charge in [0.15, 0.2) is 5.82 Å². The molecule has 1 atom stereocenters. The fourth-order valence-electron chi connectivity index (χ4n) is 3.04. The molecule has 25 heavy (non-hydrogen) atoms. The van der Waals surface area contributed by atoms with Crippen LogP contribution in [-0.4, -0.2) is 59.2 Å². The lowest BCUT2D eigenvalue weighted by Gasteiger charge is -2.37. The summed E-state index contributed by atoms with van der Waals surface area (Å²) in [5.41, 5.74) is 0.732. The predicted molar refractivity (Wildman–Crippen MR) is 87.0 cm³/mol. The molecule has 7 nitrogen and oxygen atoms in total. The highest BCUT2D eigenvalue weighted by Gasteiger charge is 2.31. The van der Waals surface area contributed by atoms with E-state index < -0.39 is 6.04 Å². The molecule has 1 aromatic carbocycles. The second-order valence-electron chi connectivity index (χ2n) is 6.02. The van der Waals surface area contributed by atoms with Gasteiger partial charge in [-0.3, -0.25) is 9.80 Å². The lowest BCUT2D eigenvalue weighted by Crippen LogP contribution is -2.49. The molecule has 1 fully saturated rings. The van der Waals surface area contributed by atoms with Crippen LogP contribution in [0.25, 0.3) is 0 Å². The van der Waals surface area contributed by atoms with Crippen molar-refractivity contribution in [2.75, 3.05) is 33.3 Å². The Bertz CT molecular complexity index is 711. The molecule has 8 heteroatoms. The molecule has 1 aromatic heterocycles. The Labute approximate surface area is 145 Å². The maximum absolute atomic E-state index is 13.2. The van der Waals surface area contributed by atoms with Crippen LogP contribution in [-0.2, 0) is 16.1 Å². The van der Waals surface area contributed by atoms with Gasteiger partial charge in [0, 0.05) is 33.1 Å². The van der Waals surface area contributed by atoms with Crippen molar-refractivity contribution >= 4 is 5.97 Å². The molecule has 0 saturated carbocycles. The summed E-state index contributed by atoms with van der Waals surface area (Å²) in [6, 6.07) is 5.46. The van der Waals surface area contributed by atoms with E-state index in [-0.39, 0.29) is 11.8 Å². The maximum Gasteiger partial charge on any atom is 0.327 e. The van der Waals surface area contributed by atoms with Gasteiger partial charge in [-0.25, -0.2) is 9.18 Å². The number of esters is 1. The van der Waals surface area contributed by atoms with E-state index in [0.717, 1.165) is 18.7 Å². The summed E-state index contributed by atoms with van der Waals surface area (Å²) in [5.74, 6) is 0.547. The van der Waals surface area contributed by atoms with Crippen LogP contribution in [0.2, 0.25) is 0 Å². The molecule has 1 aliphatic rings. The van der Waals surface area contributed by atoms with Gasteiger partial charge in [-0.05, 0) is 17.7 Å². The molecule has 0 bridgehead atoms. The van der Waals surface area contributed by atoms with Crippen LogP contribution in [0, 0.1) is 12.7 Å². The Morgan fingerprint density at radius 3 is 2.52 bits per heavy atom. The van der Waals surface area contributed by atoms with E-state index in [9.17, 15) is 9.18 Å². The van der Waals surface area contributed by atoms with E-state index in [1.807, 2.05) is 0 Å². The summed E-state index contributed by atoms with van der Waals surface area (Å²) in [4.78, 5) is 20.7. The largest absolute Gasteiger partial charge is 0.468 e. The standard InChI is InChI=1S/C17H21FN4O3/c1-12-19-15(20-25-12)11-21-7-9-22(10-8-21)16(17(23)24-2)13-3-5-14(18)6-4-13/h3-6,16H,7-11H2,1-2H3/t16-/m1/s1. The molecule has 0 amide bonds. The van der Waals surface area contributed by atoms with Crippen LogP contribution in [0.5, 0.6) is 0 Å². The van der Waals surface area contributed by atoms with Crippen LogP contribution in [0.4, 0.5) is 4.39 Å². The average molecular weight is 348 g/mol. The number of carbonyl (C=O) groups excluding carboxylic acids is 1. The molecular formula is C17H21FN4O3. The summed E-state index contributed by atoms with van der Waals surface area (Å²) < 4.78 is 23.1. The second kappa shape index (κ2) is 7.71. The molecule has 0 unspecified atom stereocenters. The molecule has 2 aromatic rings. The van der Waals surface area contributed by atoms with Crippen molar-refractivity contribution in [3.05, 3.63) is 47.4 Å². The third kappa shape index (κ3) is 4.21. The number of hydrogen-bond acceptors (Lipinski definition) is 7. The minimum Gasteiger partial charge on any atom is -0.468 e. The first-order valence-corrected chi connectivity index (χ1v) is 8.15. The number of benzene rings is 1. The lowest BCUT2D eigenvalue weighted by atomic mass is 10.0. The number of aryl methyl sites for hydroxylation is 1. The first-order valence-electron chi connectivity index (χ1n) is 8.15. The Morgan fingerprint density at radius 2 is 1.96 bits per heavy atom. The number of nitrogens with zero attached hydrogens (tertiary/aromatic N) is 4. The number of methoxy groups -OCH3 is 1. The van der Waals surface area contributed by atoms with Gasteiger partial charge in [0.1, 0.15) is 11.9 Å². The van der Waals surface area contributed by atoms with Gasteiger partial charge in [-0.1, -0.05) is 17.3 Å². The monoisotopic (exact) mass is 348 g/mol. The topological polar surface area (TPSA) is 71.7 Å². The minimum atomic E-state index is -0.528. The summed E-state index contributed by atoms with van der Waals surface area (Å²) >= 11 is 0. The van der Waals surface area contributed by atoms with Gasteiger partial charge >= 0.3 is 5.97 Å². The Morgan fingerprint density at radius 1 is 1.28 bits per heavy atom. The third-order valence-corrected chi connectivity index (χ3v) is 4.32. The van der Waals surface area contributed by atoms with Gasteiger partial charge in [0.2, 0.25) is 5.89 Å². The summed E-state index contributed by atoms with van der Waals surface area (Å²) in [7, 11) is 1.37. The number of aromatic nitrogens is 2. The number of carbonyl (C=O) groups is 1. The molecule has 1 saturated heterocycles. The van der Waals surface area contributed by atoms with Crippen molar-refractivity contribution in [2.24, 2.45) is 0 Å². The molecule has 0 N–H and O–H groups in total. The highest BCUT2D eigenvalue weighted by molar-refractivity contribution is 5.77. The van der Waals surface area contributed by atoms with E-state index in [4.69, 9.17) is 9.26 Å². The van der Waals surface area contributed by atoms with Crippen molar-refractivity contribution in [1.82, 2.24) is 19.9 Å².